The summed E-state index contributed by atoms with van der Waals surface area (Å²) in [6.45, 7) is 2.22. The van der Waals surface area contributed by atoms with Crippen molar-refractivity contribution in [1.82, 2.24) is 30.7 Å². The van der Waals surface area contributed by atoms with E-state index >= 15 is 0 Å². The quantitative estimate of drug-likeness (QED) is 0.290. The van der Waals surface area contributed by atoms with E-state index < -0.39 is 47.9 Å². The van der Waals surface area contributed by atoms with Crippen LogP contribution in [-0.4, -0.2) is 108 Å². The summed E-state index contributed by atoms with van der Waals surface area (Å²) >= 11 is 1.46. The van der Waals surface area contributed by atoms with Crippen LogP contribution in [0.25, 0.3) is 11.3 Å². The molecule has 2 aromatic carbocycles. The van der Waals surface area contributed by atoms with Crippen molar-refractivity contribution in [2.24, 2.45) is 0 Å². The van der Waals surface area contributed by atoms with E-state index in [9.17, 15) is 23.6 Å². The minimum absolute atomic E-state index is 0.115. The van der Waals surface area contributed by atoms with Gasteiger partial charge in [0.1, 0.15) is 29.0 Å². The van der Waals surface area contributed by atoms with E-state index in [1.807, 2.05) is 40.6 Å². The number of halogens is 1. The van der Waals surface area contributed by atoms with Gasteiger partial charge in [0.2, 0.25) is 17.7 Å². The second kappa shape index (κ2) is 16.7. The molecule has 2 fully saturated rings. The molecule has 0 aliphatic carbocycles. The maximum atomic E-state index is 13.7. The number of thiazole rings is 1. The molecule has 2 aliphatic rings. The molecule has 0 unspecified atom stereocenters. The van der Waals surface area contributed by atoms with E-state index in [0.29, 0.717) is 13.1 Å². The van der Waals surface area contributed by atoms with E-state index in [4.69, 9.17) is 19.6 Å². The fourth-order valence-electron chi connectivity index (χ4n) is 5.22. The average molecular weight is 669 g/mol. The van der Waals surface area contributed by atoms with E-state index in [1.165, 1.54) is 35.4 Å². The Morgan fingerprint density at radius 2 is 1.74 bits per heavy atom. The highest BCUT2D eigenvalue weighted by molar-refractivity contribution is 7.09. The van der Waals surface area contributed by atoms with Crippen LogP contribution in [0.2, 0.25) is 0 Å². The van der Waals surface area contributed by atoms with Gasteiger partial charge >= 0.3 is 0 Å². The van der Waals surface area contributed by atoms with Gasteiger partial charge < -0.3 is 30.7 Å². The third kappa shape index (κ3) is 10.1. The van der Waals surface area contributed by atoms with Gasteiger partial charge in [-0.2, -0.15) is 0 Å². The summed E-state index contributed by atoms with van der Waals surface area (Å²) in [6.07, 6.45) is -1.25. The molecule has 5 rings (SSSR count). The van der Waals surface area contributed by atoms with Crippen molar-refractivity contribution in [2.45, 2.75) is 44.2 Å². The summed E-state index contributed by atoms with van der Waals surface area (Å²) in [5.74, 6) is -2.13. The van der Waals surface area contributed by atoms with Crippen molar-refractivity contribution in [3.8, 4) is 11.3 Å². The smallest absolute Gasteiger partial charge is 0.290 e. The molecule has 3 aromatic rings. The molecule has 0 saturated carbocycles. The van der Waals surface area contributed by atoms with Crippen LogP contribution in [0.4, 0.5) is 4.39 Å². The van der Waals surface area contributed by atoms with E-state index in [1.54, 1.807) is 19.1 Å². The Bertz CT molecular complexity index is 1540. The maximum Gasteiger partial charge on any atom is 0.290 e. The Morgan fingerprint density at radius 3 is 2.45 bits per heavy atom. The van der Waals surface area contributed by atoms with Crippen LogP contribution < -0.4 is 16.0 Å². The summed E-state index contributed by atoms with van der Waals surface area (Å²) in [4.78, 5) is 68.9. The summed E-state index contributed by atoms with van der Waals surface area (Å²) in [7, 11) is 1.48. The van der Waals surface area contributed by atoms with Crippen LogP contribution in [0.5, 0.6) is 0 Å². The van der Waals surface area contributed by atoms with Gasteiger partial charge in [0.05, 0.1) is 24.9 Å². The van der Waals surface area contributed by atoms with E-state index in [0.717, 1.165) is 21.8 Å². The first-order chi connectivity index (χ1) is 22.6. The molecular formula is C32H37FN6O7S. The number of hydrogen-bond acceptors (Lipinski definition) is 9. The Morgan fingerprint density at radius 1 is 1.04 bits per heavy atom. The first-order valence-corrected chi connectivity index (χ1v) is 15.8. The monoisotopic (exact) mass is 668 g/mol. The fraction of sp³-hybridized carbons (Fsp3) is 0.375. The van der Waals surface area contributed by atoms with Crippen LogP contribution in [0.1, 0.15) is 17.5 Å². The molecule has 2 saturated heterocycles. The number of amides is 4. The highest BCUT2D eigenvalue weighted by Crippen LogP contribution is 2.24. The van der Waals surface area contributed by atoms with Gasteiger partial charge in [-0.15, -0.1) is 11.3 Å². The number of aromatic nitrogens is 1. The molecule has 4 N–H and O–H groups in total. The van der Waals surface area contributed by atoms with Crippen LogP contribution in [-0.2, 0) is 41.7 Å². The SMILES string of the molecule is C[C@H]1NC(=O)CN(C)C(=O)[C@@H](Cc2ccccc2)NC(=O)[C@H]2CN(Cc3nc(-c4ccc(F)cc4)cs3)C[C@H](CNC1=O)O2.O=CO. The number of nitrogens with one attached hydrogen (secondary N) is 3. The molecule has 15 heteroatoms. The minimum atomic E-state index is -0.945. The largest absolute Gasteiger partial charge is 0.483 e. The Hall–Kier alpha value is -4.73. The highest BCUT2D eigenvalue weighted by Gasteiger charge is 2.36. The number of likely N-dealkylation sites (N-methyl/N-ethyl adjacent to an activating group) is 1. The van der Waals surface area contributed by atoms with Gasteiger partial charge in [0.15, 0.2) is 0 Å². The van der Waals surface area contributed by atoms with Crippen LogP contribution >= 0.6 is 11.3 Å². The minimum Gasteiger partial charge on any atom is -0.483 e. The number of ether oxygens (including phenoxy) is 1. The third-order valence-corrected chi connectivity index (χ3v) is 8.35. The van der Waals surface area contributed by atoms with Crippen molar-refractivity contribution in [3.05, 3.63) is 76.4 Å². The number of carboxylic acid groups (broad SMARTS) is 1. The van der Waals surface area contributed by atoms with Gasteiger partial charge in [-0.05, 0) is 36.8 Å². The molecule has 13 nitrogen and oxygen atoms in total. The summed E-state index contributed by atoms with van der Waals surface area (Å²) < 4.78 is 19.6. The second-order valence-electron chi connectivity index (χ2n) is 11.2. The topological polar surface area (TPSA) is 170 Å². The predicted molar refractivity (Wildman–Crippen MR) is 170 cm³/mol. The standard InChI is InChI=1S/C31H35FN6O5S.CH2O2/c1-19-29(40)33-13-23-14-38(17-28-35-25(18-44-28)21-8-10-22(32)11-9-21)15-26(43-23)30(41)36-24(12-20-6-4-3-5-7-20)31(42)37(2)16-27(39)34-19;2-1-3/h3-11,18-19,23-24,26H,12-17H2,1-2H3,(H,33,40)(H,34,39)(H,36,41);1H,(H,2,3)/t19-,23+,24-,26-;/m1./s1. The van der Waals surface area contributed by atoms with Crippen molar-refractivity contribution in [1.29, 1.82) is 0 Å². The molecule has 47 heavy (non-hydrogen) atoms. The molecule has 0 radical (unpaired) electrons. The third-order valence-electron chi connectivity index (χ3n) is 7.51. The van der Waals surface area contributed by atoms with Crippen molar-refractivity contribution < 1.29 is 38.2 Å². The fourth-order valence-corrected chi connectivity index (χ4v) is 6.07. The molecule has 2 aliphatic heterocycles. The molecule has 3 heterocycles. The number of rotatable bonds is 5. The molecule has 4 amide bonds. The van der Waals surface area contributed by atoms with Crippen LogP contribution in [0.15, 0.2) is 60.0 Å². The lowest BCUT2D eigenvalue weighted by Crippen LogP contribution is -2.58. The van der Waals surface area contributed by atoms with Crippen molar-refractivity contribution in [2.75, 3.05) is 33.2 Å². The Kier molecular flexibility index (Phi) is 12.5. The maximum absolute atomic E-state index is 13.7. The second-order valence-corrected chi connectivity index (χ2v) is 12.1. The van der Waals surface area contributed by atoms with Gasteiger partial charge in [-0.3, -0.25) is 28.9 Å². The van der Waals surface area contributed by atoms with Gasteiger partial charge in [0, 0.05) is 44.0 Å². The van der Waals surface area contributed by atoms with Crippen LogP contribution in [0, 0.1) is 5.82 Å². The molecule has 2 bridgehead atoms. The number of benzene rings is 2. The van der Waals surface area contributed by atoms with Gasteiger partial charge in [0.25, 0.3) is 12.4 Å². The molecular weight excluding hydrogens is 631 g/mol. The number of carbonyl (C=O) groups is 5. The van der Waals surface area contributed by atoms with Gasteiger partial charge in [-0.25, -0.2) is 9.37 Å². The number of carbonyl (C=O) groups excluding carboxylic acids is 4. The normalized spacial score (nSPS) is 22.8. The van der Waals surface area contributed by atoms with Gasteiger partial charge in [-0.1, -0.05) is 30.3 Å². The zero-order valence-corrected chi connectivity index (χ0v) is 26.7. The van der Waals surface area contributed by atoms with E-state index in [2.05, 4.69) is 16.0 Å². The van der Waals surface area contributed by atoms with Crippen LogP contribution in [0.3, 0.4) is 0 Å². The molecule has 0 spiro atoms. The Labute approximate surface area is 275 Å². The predicted octanol–water partition coefficient (Wildman–Crippen LogP) is 1.04. The number of morpholine rings is 1. The molecule has 4 atom stereocenters. The first kappa shape index (κ1) is 35.1. The summed E-state index contributed by atoms with van der Waals surface area (Å²) in [5, 5.41) is 17.9. The molecule has 250 valence electrons. The number of fused-ring (bicyclic) bond motifs is 2. The Balaban J connectivity index is 0.00000160. The lowest BCUT2D eigenvalue weighted by molar-refractivity contribution is -0.150. The molecule has 1 aromatic heterocycles. The number of hydrogen-bond donors (Lipinski definition) is 4. The van der Waals surface area contributed by atoms with E-state index in [-0.39, 0.29) is 38.3 Å². The highest BCUT2D eigenvalue weighted by atomic mass is 32.1. The zero-order valence-electron chi connectivity index (χ0n) is 25.9. The number of nitrogens with zero attached hydrogens (tertiary/aromatic N) is 3. The first-order valence-electron chi connectivity index (χ1n) is 14.9. The average Bonchev–Trinajstić information content (AvgIpc) is 3.51. The summed E-state index contributed by atoms with van der Waals surface area (Å²) in [5.41, 5.74) is 2.37. The van der Waals surface area contributed by atoms with Crippen molar-refractivity contribution >= 4 is 41.4 Å². The van der Waals surface area contributed by atoms with Crippen molar-refractivity contribution in [3.63, 3.8) is 0 Å². The zero-order chi connectivity index (χ0) is 33.9. The lowest BCUT2D eigenvalue weighted by Gasteiger charge is -2.37. The lowest BCUT2D eigenvalue weighted by atomic mass is 10.0. The summed E-state index contributed by atoms with van der Waals surface area (Å²) in [6, 6.07) is 13.6.